The van der Waals surface area contributed by atoms with Crippen molar-refractivity contribution in [3.63, 3.8) is 0 Å². The third-order valence-electron chi connectivity index (χ3n) is 3.80. The van der Waals surface area contributed by atoms with Crippen molar-refractivity contribution in [1.29, 1.82) is 0 Å². The first-order chi connectivity index (χ1) is 11.7. The highest BCUT2D eigenvalue weighted by molar-refractivity contribution is 5.98. The van der Waals surface area contributed by atoms with Gasteiger partial charge >= 0.3 is 12.1 Å². The van der Waals surface area contributed by atoms with E-state index >= 15 is 0 Å². The Bertz CT molecular complexity index is 666. The van der Waals surface area contributed by atoms with Crippen molar-refractivity contribution < 1.29 is 24.2 Å². The summed E-state index contributed by atoms with van der Waals surface area (Å²) in [6, 6.07) is 5.62. The number of amides is 2. The van der Waals surface area contributed by atoms with Gasteiger partial charge in [0.2, 0.25) is 0 Å². The van der Waals surface area contributed by atoms with Crippen LogP contribution < -0.4 is 5.32 Å². The molecule has 1 aromatic carbocycles. The summed E-state index contributed by atoms with van der Waals surface area (Å²) in [7, 11) is 0. The standard InChI is InChI=1S/C18H24N2O5/c1-18(2,3)25-17(24)19-13-8-6-7-12(11-13)15(21)20-10-5-4-9-14(20)16(22)23/h6-8,11,14H,4-5,9-10H2,1-3H3,(H,19,24)(H,22,23). The predicted octanol–water partition coefficient (Wildman–Crippen LogP) is 3.11. The minimum Gasteiger partial charge on any atom is -0.480 e. The molecule has 1 saturated heterocycles. The number of nitrogens with one attached hydrogen (secondary N) is 1. The molecule has 0 bridgehead atoms. The summed E-state index contributed by atoms with van der Waals surface area (Å²) >= 11 is 0. The van der Waals surface area contributed by atoms with E-state index in [1.807, 2.05) is 0 Å². The maximum absolute atomic E-state index is 12.7. The summed E-state index contributed by atoms with van der Waals surface area (Å²) in [5.74, 6) is -1.34. The molecule has 1 aliphatic rings. The first-order valence-corrected chi connectivity index (χ1v) is 8.31. The van der Waals surface area contributed by atoms with E-state index in [1.165, 1.54) is 11.0 Å². The number of aliphatic carboxylic acids is 1. The number of carboxylic acid groups (broad SMARTS) is 1. The fourth-order valence-corrected chi connectivity index (χ4v) is 2.75. The molecule has 0 radical (unpaired) electrons. The van der Waals surface area contributed by atoms with Crippen LogP contribution in [0.15, 0.2) is 24.3 Å². The number of nitrogens with zero attached hydrogens (tertiary/aromatic N) is 1. The topological polar surface area (TPSA) is 95.9 Å². The van der Waals surface area contributed by atoms with Crippen molar-refractivity contribution in [2.24, 2.45) is 0 Å². The van der Waals surface area contributed by atoms with Gasteiger partial charge in [0.05, 0.1) is 0 Å². The zero-order chi connectivity index (χ0) is 18.6. The molecule has 1 heterocycles. The molecule has 1 atom stereocenters. The van der Waals surface area contributed by atoms with Gasteiger partial charge in [0, 0.05) is 17.8 Å². The summed E-state index contributed by atoms with van der Waals surface area (Å²) in [6.07, 6.45) is 1.42. The molecule has 7 nitrogen and oxygen atoms in total. The van der Waals surface area contributed by atoms with Gasteiger partial charge in [-0.05, 0) is 58.2 Å². The highest BCUT2D eigenvalue weighted by atomic mass is 16.6. The zero-order valence-electron chi connectivity index (χ0n) is 14.7. The van der Waals surface area contributed by atoms with Gasteiger partial charge in [0.1, 0.15) is 11.6 Å². The number of ether oxygens (including phenoxy) is 1. The second kappa shape index (κ2) is 7.55. The second-order valence-corrected chi connectivity index (χ2v) is 7.06. The average molecular weight is 348 g/mol. The van der Waals surface area contributed by atoms with Crippen LogP contribution in [-0.4, -0.2) is 46.2 Å². The molecule has 1 aromatic rings. The minimum absolute atomic E-state index is 0.335. The summed E-state index contributed by atoms with van der Waals surface area (Å²) in [5.41, 5.74) is 0.130. The quantitative estimate of drug-likeness (QED) is 0.875. The lowest BCUT2D eigenvalue weighted by Crippen LogP contribution is -2.48. The number of hydrogen-bond donors (Lipinski definition) is 2. The lowest BCUT2D eigenvalue weighted by molar-refractivity contribution is -0.143. The number of hydrogen-bond acceptors (Lipinski definition) is 4. The average Bonchev–Trinajstić information content (AvgIpc) is 2.52. The van der Waals surface area contributed by atoms with Crippen LogP contribution in [0, 0.1) is 0 Å². The van der Waals surface area contributed by atoms with E-state index in [1.54, 1.807) is 39.0 Å². The molecule has 2 rings (SSSR count). The van der Waals surface area contributed by atoms with Crippen LogP contribution in [0.3, 0.4) is 0 Å². The number of carbonyl (C=O) groups is 3. The van der Waals surface area contributed by atoms with Crippen LogP contribution in [0.2, 0.25) is 0 Å². The van der Waals surface area contributed by atoms with E-state index in [0.717, 1.165) is 12.8 Å². The van der Waals surface area contributed by atoms with Gasteiger partial charge in [-0.3, -0.25) is 10.1 Å². The molecule has 0 aliphatic carbocycles. The van der Waals surface area contributed by atoms with Crippen molar-refractivity contribution in [3.05, 3.63) is 29.8 Å². The fraction of sp³-hybridized carbons (Fsp3) is 0.500. The molecular weight excluding hydrogens is 324 g/mol. The van der Waals surface area contributed by atoms with Crippen molar-refractivity contribution >= 4 is 23.7 Å². The van der Waals surface area contributed by atoms with Crippen LogP contribution >= 0.6 is 0 Å². The third-order valence-corrected chi connectivity index (χ3v) is 3.80. The number of piperidine rings is 1. The van der Waals surface area contributed by atoms with Gasteiger partial charge in [-0.1, -0.05) is 6.07 Å². The van der Waals surface area contributed by atoms with E-state index in [9.17, 15) is 19.5 Å². The molecule has 25 heavy (non-hydrogen) atoms. The van der Waals surface area contributed by atoms with Gasteiger partial charge in [0.15, 0.2) is 0 Å². The van der Waals surface area contributed by atoms with Crippen molar-refractivity contribution in [2.75, 3.05) is 11.9 Å². The van der Waals surface area contributed by atoms with Crippen LogP contribution in [0.1, 0.15) is 50.4 Å². The Balaban J connectivity index is 2.13. The molecule has 2 N–H and O–H groups in total. The fourth-order valence-electron chi connectivity index (χ4n) is 2.75. The van der Waals surface area contributed by atoms with E-state index in [-0.39, 0.29) is 5.91 Å². The van der Waals surface area contributed by atoms with Crippen molar-refractivity contribution in [2.45, 2.75) is 51.7 Å². The molecule has 1 aliphatic heterocycles. The molecule has 2 amide bonds. The third kappa shape index (κ3) is 5.20. The smallest absolute Gasteiger partial charge is 0.412 e. The summed E-state index contributed by atoms with van der Waals surface area (Å²) in [6.45, 7) is 5.69. The van der Waals surface area contributed by atoms with Gasteiger partial charge in [-0.2, -0.15) is 0 Å². The van der Waals surface area contributed by atoms with Crippen LogP contribution in [0.5, 0.6) is 0 Å². The Morgan fingerprint density at radius 2 is 1.96 bits per heavy atom. The summed E-state index contributed by atoms with van der Waals surface area (Å²) < 4.78 is 5.18. The Morgan fingerprint density at radius 1 is 1.24 bits per heavy atom. The number of carbonyl (C=O) groups excluding carboxylic acids is 2. The molecule has 1 fully saturated rings. The molecule has 0 aromatic heterocycles. The molecular formula is C18H24N2O5. The number of benzene rings is 1. The van der Waals surface area contributed by atoms with E-state index < -0.39 is 23.7 Å². The van der Waals surface area contributed by atoms with Crippen LogP contribution in [0.4, 0.5) is 10.5 Å². The normalized spacial score (nSPS) is 17.7. The first-order valence-electron chi connectivity index (χ1n) is 8.31. The highest BCUT2D eigenvalue weighted by Crippen LogP contribution is 2.21. The first kappa shape index (κ1) is 18.8. The Kier molecular flexibility index (Phi) is 5.66. The van der Waals surface area contributed by atoms with Crippen molar-refractivity contribution in [3.8, 4) is 0 Å². The Morgan fingerprint density at radius 3 is 2.60 bits per heavy atom. The molecule has 0 spiro atoms. The maximum atomic E-state index is 12.7. The zero-order valence-corrected chi connectivity index (χ0v) is 14.7. The minimum atomic E-state index is -0.990. The molecule has 0 saturated carbocycles. The lowest BCUT2D eigenvalue weighted by atomic mass is 10.0. The Hall–Kier alpha value is -2.57. The Labute approximate surface area is 147 Å². The van der Waals surface area contributed by atoms with E-state index in [4.69, 9.17) is 4.74 Å². The summed E-state index contributed by atoms with van der Waals surface area (Å²) in [4.78, 5) is 37.3. The number of rotatable bonds is 3. The number of likely N-dealkylation sites (tertiary alicyclic amines) is 1. The highest BCUT2D eigenvalue weighted by Gasteiger charge is 2.32. The molecule has 136 valence electrons. The van der Waals surface area contributed by atoms with Crippen LogP contribution in [-0.2, 0) is 9.53 Å². The SMILES string of the molecule is CC(C)(C)OC(=O)Nc1cccc(C(=O)N2CCCCC2C(=O)O)c1. The number of carboxylic acids is 1. The van der Waals surface area contributed by atoms with E-state index in [2.05, 4.69) is 5.32 Å². The summed E-state index contributed by atoms with van der Waals surface area (Å²) in [5, 5.41) is 11.9. The predicted molar refractivity (Wildman–Crippen MR) is 92.6 cm³/mol. The monoisotopic (exact) mass is 348 g/mol. The largest absolute Gasteiger partial charge is 0.480 e. The number of anilines is 1. The maximum Gasteiger partial charge on any atom is 0.412 e. The van der Waals surface area contributed by atoms with Gasteiger partial charge in [-0.25, -0.2) is 9.59 Å². The van der Waals surface area contributed by atoms with Crippen LogP contribution in [0.25, 0.3) is 0 Å². The van der Waals surface area contributed by atoms with Crippen molar-refractivity contribution in [1.82, 2.24) is 4.90 Å². The molecule has 7 heteroatoms. The lowest BCUT2D eigenvalue weighted by Gasteiger charge is -2.33. The van der Waals surface area contributed by atoms with E-state index in [0.29, 0.717) is 24.2 Å². The van der Waals surface area contributed by atoms with Gasteiger partial charge in [0.25, 0.3) is 5.91 Å². The second-order valence-electron chi connectivity index (χ2n) is 7.06. The van der Waals surface area contributed by atoms with Gasteiger partial charge < -0.3 is 14.7 Å². The molecule has 1 unspecified atom stereocenters. The van der Waals surface area contributed by atoms with Gasteiger partial charge in [-0.15, -0.1) is 0 Å².